The third kappa shape index (κ3) is 5.05. The van der Waals surface area contributed by atoms with Crippen LogP contribution in [0.15, 0.2) is 28.7 Å². The number of ether oxygens (including phenoxy) is 1. The molecule has 1 saturated carbocycles. The van der Waals surface area contributed by atoms with Gasteiger partial charge in [-0.25, -0.2) is 0 Å². The molecule has 4 nitrogen and oxygen atoms in total. The normalized spacial score (nSPS) is 29.2. The lowest BCUT2D eigenvalue weighted by Crippen LogP contribution is -2.52. The van der Waals surface area contributed by atoms with Gasteiger partial charge in [-0.2, -0.15) is 0 Å². The summed E-state index contributed by atoms with van der Waals surface area (Å²) < 4.78 is 7.01. The van der Waals surface area contributed by atoms with E-state index in [0.29, 0.717) is 12.6 Å². The Morgan fingerprint density at radius 3 is 2.80 bits per heavy atom. The minimum absolute atomic E-state index is 0.0250. The standard InChI is InChI=1S/C20H29BrN2O2/c1-14-6-8-18(9-7-14)22-20(24)15(2)23-10-11-25-19(13-23)16-4-3-5-17(21)12-16/h3-5,12,14-15,18-19H,6-11,13H2,1-2H3,(H,22,24). The van der Waals surface area contributed by atoms with E-state index in [1.807, 2.05) is 19.1 Å². The fraction of sp³-hybridized carbons (Fsp3) is 0.650. The molecule has 1 aliphatic carbocycles. The summed E-state index contributed by atoms with van der Waals surface area (Å²) in [7, 11) is 0. The van der Waals surface area contributed by atoms with Crippen molar-refractivity contribution in [2.45, 2.75) is 57.7 Å². The predicted molar refractivity (Wildman–Crippen MR) is 103 cm³/mol. The molecule has 0 aromatic heterocycles. The van der Waals surface area contributed by atoms with Crippen LogP contribution in [0.5, 0.6) is 0 Å². The molecule has 2 unspecified atom stereocenters. The average Bonchev–Trinajstić information content (AvgIpc) is 2.63. The van der Waals surface area contributed by atoms with E-state index in [4.69, 9.17) is 4.74 Å². The van der Waals surface area contributed by atoms with Crippen molar-refractivity contribution in [2.24, 2.45) is 5.92 Å². The number of amides is 1. The smallest absolute Gasteiger partial charge is 0.237 e. The van der Waals surface area contributed by atoms with Crippen molar-refractivity contribution in [3.05, 3.63) is 34.3 Å². The van der Waals surface area contributed by atoms with Gasteiger partial charge in [-0.1, -0.05) is 35.0 Å². The molecule has 3 rings (SSSR count). The van der Waals surface area contributed by atoms with Gasteiger partial charge in [0, 0.05) is 23.6 Å². The molecule has 138 valence electrons. The molecule has 2 fully saturated rings. The average molecular weight is 409 g/mol. The molecule has 1 aromatic carbocycles. The van der Waals surface area contributed by atoms with Crippen LogP contribution in [0.25, 0.3) is 0 Å². The van der Waals surface area contributed by atoms with Crippen molar-refractivity contribution in [3.8, 4) is 0 Å². The number of carbonyl (C=O) groups is 1. The first-order chi connectivity index (χ1) is 12.0. The molecule has 5 heteroatoms. The molecule has 1 N–H and O–H groups in total. The third-order valence-corrected chi connectivity index (χ3v) is 6.10. The number of halogens is 1. The van der Waals surface area contributed by atoms with Crippen LogP contribution in [0.2, 0.25) is 0 Å². The number of hydrogen-bond acceptors (Lipinski definition) is 3. The zero-order valence-electron chi connectivity index (χ0n) is 15.2. The van der Waals surface area contributed by atoms with Crippen molar-refractivity contribution in [2.75, 3.05) is 19.7 Å². The maximum atomic E-state index is 12.7. The van der Waals surface area contributed by atoms with E-state index in [-0.39, 0.29) is 18.1 Å². The fourth-order valence-electron chi connectivity index (χ4n) is 3.82. The van der Waals surface area contributed by atoms with Crippen molar-refractivity contribution in [1.29, 1.82) is 0 Å². The summed E-state index contributed by atoms with van der Waals surface area (Å²) in [6.07, 6.45) is 4.70. The van der Waals surface area contributed by atoms with Crippen LogP contribution in [-0.4, -0.2) is 42.6 Å². The maximum Gasteiger partial charge on any atom is 0.237 e. The first-order valence-electron chi connectivity index (χ1n) is 9.44. The van der Waals surface area contributed by atoms with Crippen molar-refractivity contribution in [1.82, 2.24) is 10.2 Å². The Kier molecular flexibility index (Phi) is 6.53. The molecule has 2 atom stereocenters. The summed E-state index contributed by atoms with van der Waals surface area (Å²) >= 11 is 3.52. The van der Waals surface area contributed by atoms with E-state index >= 15 is 0 Å². The van der Waals surface area contributed by atoms with Gasteiger partial charge in [0.2, 0.25) is 5.91 Å². The molecule has 1 heterocycles. The lowest BCUT2D eigenvalue weighted by molar-refractivity contribution is -0.130. The Balaban J connectivity index is 1.56. The van der Waals surface area contributed by atoms with Crippen molar-refractivity contribution in [3.63, 3.8) is 0 Å². The summed E-state index contributed by atoms with van der Waals surface area (Å²) in [5.41, 5.74) is 1.16. The monoisotopic (exact) mass is 408 g/mol. The lowest BCUT2D eigenvalue weighted by Gasteiger charge is -2.37. The highest BCUT2D eigenvalue weighted by molar-refractivity contribution is 9.10. The van der Waals surface area contributed by atoms with Gasteiger partial charge in [-0.05, 0) is 56.2 Å². The summed E-state index contributed by atoms with van der Waals surface area (Å²) in [6.45, 7) is 6.55. The number of benzene rings is 1. The van der Waals surface area contributed by atoms with Gasteiger partial charge in [0.05, 0.1) is 18.8 Å². The summed E-state index contributed by atoms with van der Waals surface area (Å²) in [4.78, 5) is 14.9. The molecule has 1 aromatic rings. The largest absolute Gasteiger partial charge is 0.371 e. The van der Waals surface area contributed by atoms with Crippen LogP contribution in [0, 0.1) is 5.92 Å². The SMILES string of the molecule is CC1CCC(NC(=O)C(C)N2CCOC(c3cccc(Br)c3)C2)CC1. The topological polar surface area (TPSA) is 41.6 Å². The van der Waals surface area contributed by atoms with Crippen LogP contribution >= 0.6 is 15.9 Å². The van der Waals surface area contributed by atoms with Gasteiger partial charge in [0.25, 0.3) is 0 Å². The molecule has 0 bridgehead atoms. The highest BCUT2D eigenvalue weighted by atomic mass is 79.9. The number of morpholine rings is 1. The van der Waals surface area contributed by atoms with E-state index < -0.39 is 0 Å². The number of hydrogen-bond donors (Lipinski definition) is 1. The van der Waals surface area contributed by atoms with Gasteiger partial charge >= 0.3 is 0 Å². The number of rotatable bonds is 4. The maximum absolute atomic E-state index is 12.7. The molecule has 25 heavy (non-hydrogen) atoms. The highest BCUT2D eigenvalue weighted by Gasteiger charge is 2.30. The Hall–Kier alpha value is -0.910. The van der Waals surface area contributed by atoms with E-state index in [0.717, 1.165) is 41.9 Å². The number of carbonyl (C=O) groups excluding carboxylic acids is 1. The first kappa shape index (κ1) is 18.9. The van der Waals surface area contributed by atoms with E-state index in [2.05, 4.69) is 45.2 Å². The lowest BCUT2D eigenvalue weighted by atomic mass is 9.87. The summed E-state index contributed by atoms with van der Waals surface area (Å²) in [6, 6.07) is 8.48. The zero-order chi connectivity index (χ0) is 17.8. The Labute approximate surface area is 159 Å². The van der Waals surface area contributed by atoms with Gasteiger partial charge in [-0.15, -0.1) is 0 Å². The van der Waals surface area contributed by atoms with Gasteiger partial charge in [0.15, 0.2) is 0 Å². The summed E-state index contributed by atoms with van der Waals surface area (Å²) in [5.74, 6) is 0.963. The Morgan fingerprint density at radius 1 is 1.32 bits per heavy atom. The second-order valence-corrected chi connectivity index (χ2v) is 8.47. The molecular weight excluding hydrogens is 380 g/mol. The number of nitrogens with zero attached hydrogens (tertiary/aromatic N) is 1. The van der Waals surface area contributed by atoms with Crippen LogP contribution in [0.1, 0.15) is 51.2 Å². The minimum Gasteiger partial charge on any atom is -0.371 e. The second kappa shape index (κ2) is 8.65. The second-order valence-electron chi connectivity index (χ2n) is 7.55. The van der Waals surface area contributed by atoms with E-state index in [1.54, 1.807) is 0 Å². The molecule has 0 radical (unpaired) electrons. The van der Waals surface area contributed by atoms with Gasteiger partial charge < -0.3 is 10.1 Å². The van der Waals surface area contributed by atoms with E-state index in [1.165, 1.54) is 12.8 Å². The fourth-order valence-corrected chi connectivity index (χ4v) is 4.24. The van der Waals surface area contributed by atoms with Crippen molar-refractivity contribution < 1.29 is 9.53 Å². The Morgan fingerprint density at radius 2 is 2.08 bits per heavy atom. The highest BCUT2D eigenvalue weighted by Crippen LogP contribution is 2.26. The first-order valence-corrected chi connectivity index (χ1v) is 10.2. The predicted octanol–water partition coefficient (Wildman–Crippen LogP) is 3.91. The molecule has 1 aliphatic heterocycles. The van der Waals surface area contributed by atoms with Crippen molar-refractivity contribution >= 4 is 21.8 Å². The minimum atomic E-state index is -0.113. The quantitative estimate of drug-likeness (QED) is 0.820. The Bertz CT molecular complexity index is 587. The molecular formula is C20H29BrN2O2. The molecule has 1 saturated heterocycles. The molecule has 2 aliphatic rings. The third-order valence-electron chi connectivity index (χ3n) is 5.61. The van der Waals surface area contributed by atoms with Crippen LogP contribution in [-0.2, 0) is 9.53 Å². The van der Waals surface area contributed by atoms with Gasteiger partial charge in [-0.3, -0.25) is 9.69 Å². The summed E-state index contributed by atoms with van der Waals surface area (Å²) in [5, 5.41) is 3.27. The zero-order valence-corrected chi connectivity index (χ0v) is 16.8. The van der Waals surface area contributed by atoms with Crippen LogP contribution < -0.4 is 5.32 Å². The van der Waals surface area contributed by atoms with E-state index in [9.17, 15) is 4.79 Å². The van der Waals surface area contributed by atoms with Crippen LogP contribution in [0.3, 0.4) is 0 Å². The molecule has 1 amide bonds. The van der Waals surface area contributed by atoms with Crippen LogP contribution in [0.4, 0.5) is 0 Å². The molecule has 0 spiro atoms. The number of nitrogens with one attached hydrogen (secondary N) is 1. The van der Waals surface area contributed by atoms with Gasteiger partial charge in [0.1, 0.15) is 0 Å².